The molecule has 0 atom stereocenters. The van der Waals surface area contributed by atoms with Crippen LogP contribution in [0.5, 0.6) is 0 Å². The molecule has 0 fully saturated rings. The summed E-state index contributed by atoms with van der Waals surface area (Å²) in [7, 11) is -2.12. The summed E-state index contributed by atoms with van der Waals surface area (Å²) >= 11 is 0. The van der Waals surface area contributed by atoms with Gasteiger partial charge >= 0.3 is 0 Å². The Bertz CT molecular complexity index is 1910. The number of allylic oxidation sites excluding steroid dienone is 4. The molecule has 1 amide bonds. The van der Waals surface area contributed by atoms with E-state index < -0.39 is 10.0 Å². The van der Waals surface area contributed by atoms with Crippen molar-refractivity contribution in [2.45, 2.75) is 46.6 Å². The third-order valence-electron chi connectivity index (χ3n) is 7.15. The first kappa shape index (κ1) is 33.2. The van der Waals surface area contributed by atoms with E-state index in [-0.39, 0.29) is 18.0 Å². The molecule has 2 aromatic heterocycles. The van der Waals surface area contributed by atoms with Gasteiger partial charge in [0, 0.05) is 54.3 Å². The number of benzene rings is 2. The molecule has 1 N–H and O–H groups in total. The van der Waals surface area contributed by atoms with Gasteiger partial charge in [-0.05, 0) is 87.7 Å². The van der Waals surface area contributed by atoms with Crippen LogP contribution in [0.4, 0.5) is 5.69 Å². The summed E-state index contributed by atoms with van der Waals surface area (Å²) in [5, 5.41) is 7.53. The van der Waals surface area contributed by atoms with Crippen LogP contribution in [0.15, 0.2) is 95.2 Å². The lowest BCUT2D eigenvalue weighted by Gasteiger charge is -2.24. The minimum absolute atomic E-state index is 0.180. The fourth-order valence-electron chi connectivity index (χ4n) is 5.19. The molecule has 236 valence electrons. The maximum absolute atomic E-state index is 13.4. The second-order valence-electron chi connectivity index (χ2n) is 11.6. The Hall–Kier alpha value is -4.70. The van der Waals surface area contributed by atoms with Crippen molar-refractivity contribution < 1.29 is 17.6 Å². The van der Waals surface area contributed by atoms with Gasteiger partial charge in [-0.15, -0.1) is 0 Å². The predicted octanol–water partition coefficient (Wildman–Crippen LogP) is 7.21. The molecule has 9 nitrogen and oxygen atoms in total. The number of fused-ring (bicyclic) bond motifs is 1. The van der Waals surface area contributed by atoms with Gasteiger partial charge in [-0.2, -0.15) is 5.10 Å². The van der Waals surface area contributed by atoms with E-state index >= 15 is 0 Å². The number of nitrogens with zero attached hydrogens (tertiary/aromatic N) is 4. The molecule has 0 aliphatic heterocycles. The Morgan fingerprint density at radius 1 is 1.18 bits per heavy atom. The van der Waals surface area contributed by atoms with Crippen molar-refractivity contribution in [2.75, 3.05) is 24.2 Å². The topological polar surface area (TPSA) is 110 Å². The molecule has 0 unspecified atom stereocenters. The van der Waals surface area contributed by atoms with E-state index in [0.29, 0.717) is 56.7 Å². The second kappa shape index (κ2) is 13.1. The normalized spacial score (nSPS) is 12.8. The van der Waals surface area contributed by atoms with Crippen LogP contribution < -0.4 is 9.62 Å². The van der Waals surface area contributed by atoms with Crippen LogP contribution in [-0.4, -0.2) is 55.2 Å². The molecular weight excluding hydrogens is 586 g/mol. The van der Waals surface area contributed by atoms with E-state index in [0.717, 1.165) is 17.7 Å². The molecule has 45 heavy (non-hydrogen) atoms. The van der Waals surface area contributed by atoms with Crippen molar-refractivity contribution >= 4 is 43.9 Å². The Kier molecular flexibility index (Phi) is 9.68. The Labute approximate surface area is 265 Å². The van der Waals surface area contributed by atoms with Gasteiger partial charge in [0.25, 0.3) is 5.91 Å². The first-order valence-corrected chi connectivity index (χ1v) is 16.6. The molecule has 0 bridgehead atoms. The van der Waals surface area contributed by atoms with E-state index in [1.807, 2.05) is 70.3 Å². The average molecular weight is 628 g/mol. The maximum Gasteiger partial charge on any atom is 0.255 e. The Morgan fingerprint density at radius 2 is 1.87 bits per heavy atom. The predicted molar refractivity (Wildman–Crippen MR) is 185 cm³/mol. The van der Waals surface area contributed by atoms with Crippen LogP contribution in [0.2, 0.25) is 0 Å². The molecule has 0 aliphatic rings. The van der Waals surface area contributed by atoms with E-state index in [4.69, 9.17) is 9.41 Å². The Morgan fingerprint density at radius 3 is 2.38 bits per heavy atom. The van der Waals surface area contributed by atoms with E-state index in [9.17, 15) is 13.2 Å². The molecule has 0 saturated heterocycles. The number of amides is 1. The van der Waals surface area contributed by atoms with E-state index in [2.05, 4.69) is 23.6 Å². The van der Waals surface area contributed by atoms with Crippen molar-refractivity contribution in [3.8, 4) is 17.0 Å². The number of carbonyl (C=O) groups is 1. The zero-order valence-corrected chi connectivity index (χ0v) is 27.8. The molecule has 4 aromatic rings. The first-order chi connectivity index (χ1) is 21.2. The third-order valence-corrected chi connectivity index (χ3v) is 8.41. The SMILES string of the molecule is C=C/C(=C\C(=C)C(CC)=NC(C)(C)C)c1cc2c(C(=O)NC)c(-c3ccc(-n4cccn4)cc3)oc2cc1N(CC)S(C)(=O)=O. The van der Waals surface area contributed by atoms with Crippen molar-refractivity contribution in [2.24, 2.45) is 4.99 Å². The minimum atomic E-state index is -3.68. The van der Waals surface area contributed by atoms with Crippen LogP contribution in [0, 0.1) is 0 Å². The molecule has 0 radical (unpaired) electrons. The zero-order chi connectivity index (χ0) is 33.1. The lowest BCUT2D eigenvalue weighted by molar-refractivity contribution is 0.0964. The maximum atomic E-state index is 13.4. The van der Waals surface area contributed by atoms with E-state index in [1.165, 1.54) is 4.31 Å². The van der Waals surface area contributed by atoms with Crippen LogP contribution in [-0.2, 0) is 10.0 Å². The van der Waals surface area contributed by atoms with Crippen LogP contribution in [0.25, 0.3) is 33.6 Å². The number of aliphatic imine (C=N–C) groups is 1. The monoisotopic (exact) mass is 627 g/mol. The zero-order valence-electron chi connectivity index (χ0n) is 27.0. The summed E-state index contributed by atoms with van der Waals surface area (Å²) in [5.41, 5.74) is 5.02. The van der Waals surface area contributed by atoms with Crippen molar-refractivity contribution in [1.29, 1.82) is 0 Å². The van der Waals surface area contributed by atoms with Crippen molar-refractivity contribution in [1.82, 2.24) is 15.1 Å². The number of hydrogen-bond donors (Lipinski definition) is 1. The number of rotatable bonds is 11. The molecular formula is C35H41N5O4S. The van der Waals surface area contributed by atoms with Gasteiger partial charge in [0.15, 0.2) is 0 Å². The largest absolute Gasteiger partial charge is 0.455 e. The smallest absolute Gasteiger partial charge is 0.255 e. The Balaban J connectivity index is 2.01. The second-order valence-corrected chi connectivity index (χ2v) is 13.5. The fourth-order valence-corrected chi connectivity index (χ4v) is 6.17. The number of carbonyl (C=O) groups excluding carboxylic acids is 1. The third kappa shape index (κ3) is 7.17. The number of anilines is 1. The number of hydrogen-bond acceptors (Lipinski definition) is 6. The summed E-state index contributed by atoms with van der Waals surface area (Å²) in [6.45, 7) is 18.4. The van der Waals surface area contributed by atoms with Gasteiger partial charge in [-0.3, -0.25) is 14.1 Å². The van der Waals surface area contributed by atoms with Crippen LogP contribution in [0.1, 0.15) is 57.0 Å². The lowest BCUT2D eigenvalue weighted by atomic mass is 9.95. The molecule has 4 rings (SSSR count). The van der Waals surface area contributed by atoms with Crippen molar-refractivity contribution in [3.05, 3.63) is 96.9 Å². The molecule has 0 spiro atoms. The van der Waals surface area contributed by atoms with Gasteiger partial charge in [-0.25, -0.2) is 13.1 Å². The summed E-state index contributed by atoms with van der Waals surface area (Å²) in [4.78, 5) is 18.2. The summed E-state index contributed by atoms with van der Waals surface area (Å²) in [6.07, 6.45) is 8.88. The fraction of sp³-hybridized carbons (Fsp3) is 0.286. The molecule has 0 aliphatic carbocycles. The lowest BCUT2D eigenvalue weighted by Crippen LogP contribution is -2.30. The number of sulfonamides is 1. The number of aromatic nitrogens is 2. The summed E-state index contributed by atoms with van der Waals surface area (Å²) in [6, 6.07) is 12.8. The highest BCUT2D eigenvalue weighted by Crippen LogP contribution is 2.40. The van der Waals surface area contributed by atoms with Crippen molar-refractivity contribution in [3.63, 3.8) is 0 Å². The van der Waals surface area contributed by atoms with Gasteiger partial charge in [0.05, 0.1) is 28.7 Å². The van der Waals surface area contributed by atoms with Gasteiger partial charge in [0.1, 0.15) is 11.3 Å². The quantitative estimate of drug-likeness (QED) is 0.140. The van der Waals surface area contributed by atoms with Crippen LogP contribution >= 0.6 is 0 Å². The summed E-state index contributed by atoms with van der Waals surface area (Å²) < 4.78 is 35.4. The summed E-state index contributed by atoms with van der Waals surface area (Å²) in [5.74, 6) is 0.0224. The van der Waals surface area contributed by atoms with E-state index in [1.54, 1.807) is 43.1 Å². The average Bonchev–Trinajstić information content (AvgIpc) is 3.65. The molecule has 2 aromatic carbocycles. The minimum Gasteiger partial charge on any atom is -0.455 e. The molecule has 10 heteroatoms. The van der Waals surface area contributed by atoms with Gasteiger partial charge < -0.3 is 9.73 Å². The molecule has 0 saturated carbocycles. The standard InChI is InChI=1S/C35H41N5O4S/c1-10-24(20-23(4)29(11-2)38-35(5,6)7)27-21-28-31(22-30(27)40(12-3)45(9,42)43)44-33(32(28)34(41)36-8)25-14-16-26(17-15-25)39-19-13-18-37-39/h10,13-22H,1,4,11-12H2,2-3,5-9H3,(H,36,41)/b24-20+,38-29?. The number of furan rings is 1. The van der Waals surface area contributed by atoms with Gasteiger partial charge in [-0.1, -0.05) is 26.2 Å². The number of nitrogens with one attached hydrogen (secondary N) is 1. The van der Waals surface area contributed by atoms with Gasteiger partial charge in [0.2, 0.25) is 10.0 Å². The first-order valence-electron chi connectivity index (χ1n) is 14.8. The highest BCUT2D eigenvalue weighted by molar-refractivity contribution is 7.92. The highest BCUT2D eigenvalue weighted by atomic mass is 32.2. The highest BCUT2D eigenvalue weighted by Gasteiger charge is 2.27. The van der Waals surface area contributed by atoms with Crippen LogP contribution in [0.3, 0.4) is 0 Å². The molecule has 2 heterocycles.